The molecule has 0 saturated carbocycles. The minimum atomic E-state index is 0.380. The van der Waals surface area contributed by atoms with Crippen LogP contribution in [0.4, 0.5) is 0 Å². The van der Waals surface area contributed by atoms with E-state index in [1.807, 2.05) is 0 Å². The predicted octanol–water partition coefficient (Wildman–Crippen LogP) is -1.08. The van der Waals surface area contributed by atoms with E-state index >= 15 is 0 Å². The van der Waals surface area contributed by atoms with Crippen LogP contribution >= 0.6 is 0 Å². The van der Waals surface area contributed by atoms with Crippen molar-refractivity contribution in [1.29, 1.82) is 0 Å². The van der Waals surface area contributed by atoms with Gasteiger partial charge in [-0.2, -0.15) is 0 Å². The van der Waals surface area contributed by atoms with Crippen molar-refractivity contribution in [3.05, 3.63) is 0 Å². The molecule has 8 heavy (non-hydrogen) atoms. The maximum absolute atomic E-state index is 5.36. The zero-order valence-electron chi connectivity index (χ0n) is 4.84. The van der Waals surface area contributed by atoms with Crippen molar-refractivity contribution >= 4 is 0 Å². The summed E-state index contributed by atoms with van der Waals surface area (Å²) in [5.41, 5.74) is 10.7. The first-order valence-electron chi connectivity index (χ1n) is 2.90. The Morgan fingerprint density at radius 1 is 1.50 bits per heavy atom. The van der Waals surface area contributed by atoms with E-state index in [4.69, 9.17) is 16.2 Å². The molecule has 0 radical (unpaired) electrons. The summed E-state index contributed by atoms with van der Waals surface area (Å²) < 4.78 is 4.99. The molecule has 0 aromatic carbocycles. The first-order chi connectivity index (χ1) is 3.88. The Bertz CT molecular complexity index is 68.8. The van der Waals surface area contributed by atoms with Crippen LogP contribution in [-0.2, 0) is 4.74 Å². The Morgan fingerprint density at radius 2 is 2.00 bits per heavy atom. The largest absolute Gasteiger partial charge is 0.373 e. The first-order valence-corrected chi connectivity index (χ1v) is 2.90. The van der Waals surface area contributed by atoms with E-state index in [-0.39, 0.29) is 0 Å². The second-order valence-electron chi connectivity index (χ2n) is 2.10. The summed E-state index contributed by atoms with van der Waals surface area (Å²) in [6, 6.07) is 0. The van der Waals surface area contributed by atoms with Crippen LogP contribution in [-0.4, -0.2) is 25.8 Å². The monoisotopic (exact) mass is 116 g/mol. The average molecular weight is 116 g/mol. The zero-order valence-corrected chi connectivity index (χ0v) is 4.84. The minimum absolute atomic E-state index is 0.380. The van der Waals surface area contributed by atoms with Gasteiger partial charge in [-0.05, 0) is 13.1 Å². The number of rotatable bonds is 3. The Morgan fingerprint density at radius 3 is 2.12 bits per heavy atom. The minimum Gasteiger partial charge on any atom is -0.373 e. The summed E-state index contributed by atoms with van der Waals surface area (Å²) >= 11 is 0. The maximum Gasteiger partial charge on any atom is 0.0862 e. The fraction of sp³-hybridized carbons (Fsp3) is 1.00. The molecule has 3 heteroatoms. The molecule has 4 N–H and O–H groups in total. The maximum atomic E-state index is 5.36. The van der Waals surface area contributed by atoms with E-state index < -0.39 is 0 Å². The predicted molar refractivity (Wildman–Crippen MR) is 31.3 cm³/mol. The molecule has 1 rings (SSSR count). The van der Waals surface area contributed by atoms with E-state index in [0.717, 1.165) is 6.61 Å². The van der Waals surface area contributed by atoms with Crippen LogP contribution in [0.25, 0.3) is 0 Å². The summed E-state index contributed by atoms with van der Waals surface area (Å²) in [7, 11) is 0. The van der Waals surface area contributed by atoms with Crippen molar-refractivity contribution < 1.29 is 4.74 Å². The highest BCUT2D eigenvalue weighted by Crippen LogP contribution is 2.17. The lowest BCUT2D eigenvalue weighted by molar-refractivity contribution is 0.336. The van der Waals surface area contributed by atoms with Gasteiger partial charge in [-0.3, -0.25) is 0 Å². The molecule has 48 valence electrons. The van der Waals surface area contributed by atoms with Crippen LogP contribution in [0.15, 0.2) is 0 Å². The molecule has 1 fully saturated rings. The smallest absolute Gasteiger partial charge is 0.0862 e. The molecule has 0 amide bonds. The Hall–Kier alpha value is -0.120. The van der Waals surface area contributed by atoms with Gasteiger partial charge in [-0.1, -0.05) is 0 Å². The Kier molecular flexibility index (Phi) is 1.83. The molecular weight excluding hydrogens is 104 g/mol. The number of hydrogen-bond acceptors (Lipinski definition) is 3. The van der Waals surface area contributed by atoms with Crippen molar-refractivity contribution in [2.75, 3.05) is 19.7 Å². The molecule has 1 aliphatic heterocycles. The molecule has 1 aliphatic rings. The van der Waals surface area contributed by atoms with Gasteiger partial charge < -0.3 is 16.2 Å². The first kappa shape index (κ1) is 6.01. The van der Waals surface area contributed by atoms with Crippen molar-refractivity contribution in [3.8, 4) is 0 Å². The third-order valence-corrected chi connectivity index (χ3v) is 1.49. The fourth-order valence-electron chi connectivity index (χ4n) is 0.728. The molecule has 3 nitrogen and oxygen atoms in total. The molecule has 1 atom stereocenters. The molecular formula is C5H12N2O. The van der Waals surface area contributed by atoms with Gasteiger partial charge >= 0.3 is 0 Å². The van der Waals surface area contributed by atoms with E-state index in [1.54, 1.807) is 0 Å². The second-order valence-corrected chi connectivity index (χ2v) is 2.10. The zero-order chi connectivity index (χ0) is 5.98. The molecule has 0 spiro atoms. The number of epoxide rings is 1. The topological polar surface area (TPSA) is 64.6 Å². The number of hydrogen-bond donors (Lipinski definition) is 2. The van der Waals surface area contributed by atoms with Crippen LogP contribution in [0.5, 0.6) is 0 Å². The van der Waals surface area contributed by atoms with Crippen LogP contribution in [0.2, 0.25) is 0 Å². The highest BCUT2D eigenvalue weighted by Gasteiger charge is 2.30. The van der Waals surface area contributed by atoms with Crippen LogP contribution < -0.4 is 11.5 Å². The van der Waals surface area contributed by atoms with E-state index in [0.29, 0.717) is 25.1 Å². The van der Waals surface area contributed by atoms with Crippen LogP contribution in [0, 0.1) is 5.92 Å². The molecule has 0 aliphatic carbocycles. The van der Waals surface area contributed by atoms with Gasteiger partial charge in [-0.15, -0.1) is 0 Å². The van der Waals surface area contributed by atoms with Gasteiger partial charge in [0.25, 0.3) is 0 Å². The third-order valence-electron chi connectivity index (χ3n) is 1.49. The third kappa shape index (κ3) is 1.18. The van der Waals surface area contributed by atoms with Crippen molar-refractivity contribution in [3.63, 3.8) is 0 Å². The Balaban J connectivity index is 2.15. The van der Waals surface area contributed by atoms with Crippen LogP contribution in [0.3, 0.4) is 0 Å². The highest BCUT2D eigenvalue weighted by molar-refractivity contribution is 4.79. The lowest BCUT2D eigenvalue weighted by Gasteiger charge is -2.05. The van der Waals surface area contributed by atoms with Crippen molar-refractivity contribution in [2.45, 2.75) is 6.10 Å². The average Bonchev–Trinajstić information content (AvgIpc) is 2.53. The van der Waals surface area contributed by atoms with Crippen molar-refractivity contribution in [1.82, 2.24) is 0 Å². The molecule has 1 unspecified atom stereocenters. The van der Waals surface area contributed by atoms with E-state index in [1.165, 1.54) is 0 Å². The van der Waals surface area contributed by atoms with Gasteiger partial charge in [-0.25, -0.2) is 0 Å². The summed E-state index contributed by atoms with van der Waals surface area (Å²) in [5.74, 6) is 0.398. The van der Waals surface area contributed by atoms with Gasteiger partial charge in [0.05, 0.1) is 12.7 Å². The lowest BCUT2D eigenvalue weighted by Crippen LogP contribution is -2.27. The summed E-state index contributed by atoms with van der Waals surface area (Å²) in [6.45, 7) is 2.17. The Labute approximate surface area is 49.0 Å². The fourth-order valence-corrected chi connectivity index (χ4v) is 0.728. The summed E-state index contributed by atoms with van der Waals surface area (Å²) in [5, 5.41) is 0. The van der Waals surface area contributed by atoms with Gasteiger partial charge in [0.1, 0.15) is 0 Å². The summed E-state index contributed by atoms with van der Waals surface area (Å²) in [4.78, 5) is 0. The second kappa shape index (κ2) is 2.44. The molecule has 0 bridgehead atoms. The lowest BCUT2D eigenvalue weighted by atomic mass is 10.1. The van der Waals surface area contributed by atoms with Gasteiger partial charge in [0.15, 0.2) is 0 Å². The van der Waals surface area contributed by atoms with Crippen LogP contribution in [0.1, 0.15) is 0 Å². The quantitative estimate of drug-likeness (QED) is 0.461. The molecule has 1 saturated heterocycles. The number of ether oxygens (including phenoxy) is 1. The van der Waals surface area contributed by atoms with Crippen molar-refractivity contribution in [2.24, 2.45) is 17.4 Å². The van der Waals surface area contributed by atoms with E-state index in [2.05, 4.69) is 0 Å². The molecule has 0 aromatic rings. The van der Waals surface area contributed by atoms with Gasteiger partial charge in [0.2, 0.25) is 0 Å². The highest BCUT2D eigenvalue weighted by atomic mass is 16.6. The normalized spacial score (nSPS) is 26.6. The molecule has 0 aromatic heterocycles. The van der Waals surface area contributed by atoms with Gasteiger partial charge in [0, 0.05) is 5.92 Å². The standard InChI is InChI=1S/C5H12N2O/c6-1-4(2-7)5-3-8-5/h4-5H,1-3,6-7H2. The number of nitrogens with two attached hydrogens (primary N) is 2. The SMILES string of the molecule is NCC(CN)C1CO1. The summed E-state index contributed by atoms with van der Waals surface area (Å²) in [6.07, 6.45) is 0.380. The molecule has 1 heterocycles. The van der Waals surface area contributed by atoms with E-state index in [9.17, 15) is 0 Å².